The van der Waals surface area contributed by atoms with Gasteiger partial charge in [-0.05, 0) is 17.7 Å². The molecule has 0 radical (unpaired) electrons. The summed E-state index contributed by atoms with van der Waals surface area (Å²) in [6, 6.07) is 6.26. The van der Waals surface area contributed by atoms with Crippen molar-refractivity contribution >= 4 is 11.7 Å². The maximum absolute atomic E-state index is 12.8. The number of carbonyl (C=O) groups excluding carboxylic acids is 2. The lowest BCUT2D eigenvalue weighted by atomic mass is 10.0. The number of alkyl halides is 2. The van der Waals surface area contributed by atoms with Gasteiger partial charge in [0.15, 0.2) is 6.61 Å². The third kappa shape index (κ3) is 7.02. The van der Waals surface area contributed by atoms with Crippen LogP contribution in [0.5, 0.6) is 5.88 Å². The summed E-state index contributed by atoms with van der Waals surface area (Å²) in [5.41, 5.74) is 1.63. The van der Waals surface area contributed by atoms with Gasteiger partial charge in [0, 0.05) is 55.5 Å². The first kappa shape index (κ1) is 21.4. The molecule has 0 aromatic carbocycles. The van der Waals surface area contributed by atoms with E-state index in [9.17, 15) is 18.4 Å². The molecule has 0 aliphatic heterocycles. The lowest BCUT2D eigenvalue weighted by Gasteiger charge is -2.11. The zero-order valence-corrected chi connectivity index (χ0v) is 16.0. The van der Waals surface area contributed by atoms with Gasteiger partial charge >= 0.3 is 0 Å². The third-order valence-corrected chi connectivity index (χ3v) is 3.80. The van der Waals surface area contributed by atoms with Crippen LogP contribution in [0.1, 0.15) is 42.4 Å². The molecule has 1 N–H and O–H groups in total. The molecule has 1 amide bonds. The average Bonchev–Trinajstić information content (AvgIpc) is 2.64. The molecule has 0 saturated carbocycles. The van der Waals surface area contributed by atoms with Gasteiger partial charge in [-0.1, -0.05) is 19.9 Å². The molecule has 2 aromatic rings. The van der Waals surface area contributed by atoms with E-state index in [1.54, 1.807) is 18.2 Å². The van der Waals surface area contributed by atoms with E-state index >= 15 is 0 Å². The predicted molar refractivity (Wildman–Crippen MR) is 99.3 cm³/mol. The minimum atomic E-state index is -2.93. The van der Waals surface area contributed by atoms with Gasteiger partial charge in [0.25, 0.3) is 11.8 Å². The van der Waals surface area contributed by atoms with Gasteiger partial charge in [-0.2, -0.15) is 0 Å². The van der Waals surface area contributed by atoms with Crippen LogP contribution >= 0.6 is 0 Å². The van der Waals surface area contributed by atoms with Crippen LogP contribution in [-0.2, 0) is 17.8 Å². The van der Waals surface area contributed by atoms with E-state index < -0.39 is 12.5 Å². The zero-order valence-electron chi connectivity index (χ0n) is 16.0. The molecule has 2 rings (SSSR count). The average molecular weight is 391 g/mol. The van der Waals surface area contributed by atoms with Gasteiger partial charge in [0.1, 0.15) is 5.78 Å². The quantitative estimate of drug-likeness (QED) is 0.710. The number of hydrogen-bond donors (Lipinski definition) is 1. The molecule has 150 valence electrons. The van der Waals surface area contributed by atoms with Crippen LogP contribution in [0.2, 0.25) is 0 Å². The molecular weight excluding hydrogens is 368 g/mol. The fourth-order valence-corrected chi connectivity index (χ4v) is 2.18. The van der Waals surface area contributed by atoms with E-state index in [0.717, 1.165) is 6.92 Å². The Morgan fingerprint density at radius 2 is 1.96 bits per heavy atom. The topological polar surface area (TPSA) is 81.2 Å². The van der Waals surface area contributed by atoms with Crippen LogP contribution in [0, 0.1) is 5.92 Å². The minimum absolute atomic E-state index is 0.0549. The van der Waals surface area contributed by atoms with E-state index in [0.29, 0.717) is 16.8 Å². The standard InChI is InChI=1S/C20H23F2N3O3/c1-13(2)17(26)9-16-8-15(6-7-23-16)19(27)25-11-14-4-5-18(24-10-14)28-12-20(3,21)22/h4-8,10,13H,9,11-12H2,1-3H3,(H,25,27). The molecule has 0 aliphatic carbocycles. The number of Topliss-reactive ketones (excluding diaryl/α,β-unsaturated/α-hetero) is 1. The highest BCUT2D eigenvalue weighted by molar-refractivity contribution is 5.94. The number of hydrogen-bond acceptors (Lipinski definition) is 5. The molecule has 6 nitrogen and oxygen atoms in total. The normalized spacial score (nSPS) is 11.4. The van der Waals surface area contributed by atoms with Gasteiger partial charge in [-0.15, -0.1) is 0 Å². The van der Waals surface area contributed by atoms with Crippen LogP contribution in [0.25, 0.3) is 0 Å². The van der Waals surface area contributed by atoms with Crippen LogP contribution in [0.3, 0.4) is 0 Å². The Hall–Kier alpha value is -2.90. The predicted octanol–water partition coefficient (Wildman–Crippen LogP) is 3.21. The van der Waals surface area contributed by atoms with Crippen LogP contribution in [0.15, 0.2) is 36.7 Å². The van der Waals surface area contributed by atoms with E-state index in [-0.39, 0.29) is 36.5 Å². The monoisotopic (exact) mass is 391 g/mol. The number of pyridine rings is 2. The number of ketones is 1. The molecule has 0 atom stereocenters. The fourth-order valence-electron chi connectivity index (χ4n) is 2.18. The number of ether oxygens (including phenoxy) is 1. The lowest BCUT2D eigenvalue weighted by Crippen LogP contribution is -2.23. The van der Waals surface area contributed by atoms with Crippen molar-refractivity contribution in [1.82, 2.24) is 15.3 Å². The summed E-state index contributed by atoms with van der Waals surface area (Å²) in [4.78, 5) is 32.2. The maximum Gasteiger partial charge on any atom is 0.278 e. The Kier molecular flexibility index (Phi) is 7.14. The summed E-state index contributed by atoms with van der Waals surface area (Å²) < 4.78 is 30.4. The van der Waals surface area contributed by atoms with Crippen molar-refractivity contribution in [1.29, 1.82) is 0 Å². The number of nitrogens with zero attached hydrogens (tertiary/aromatic N) is 2. The Morgan fingerprint density at radius 3 is 2.57 bits per heavy atom. The second kappa shape index (κ2) is 9.34. The Morgan fingerprint density at radius 1 is 1.21 bits per heavy atom. The van der Waals surface area contributed by atoms with Gasteiger partial charge in [-0.25, -0.2) is 13.8 Å². The van der Waals surface area contributed by atoms with E-state index in [1.165, 1.54) is 18.5 Å². The van der Waals surface area contributed by atoms with Crippen molar-refractivity contribution in [2.24, 2.45) is 5.92 Å². The van der Waals surface area contributed by atoms with Crippen molar-refractivity contribution in [3.63, 3.8) is 0 Å². The number of aromatic nitrogens is 2. The van der Waals surface area contributed by atoms with Crippen LogP contribution in [-0.4, -0.2) is 34.2 Å². The summed E-state index contributed by atoms with van der Waals surface area (Å²) in [7, 11) is 0. The Labute approximate surface area is 162 Å². The summed E-state index contributed by atoms with van der Waals surface area (Å²) in [5.74, 6) is -3.20. The van der Waals surface area contributed by atoms with E-state index in [2.05, 4.69) is 15.3 Å². The molecule has 28 heavy (non-hydrogen) atoms. The Bertz CT molecular complexity index is 818. The third-order valence-electron chi connectivity index (χ3n) is 3.80. The largest absolute Gasteiger partial charge is 0.471 e. The van der Waals surface area contributed by atoms with Gasteiger partial charge in [0.05, 0.1) is 0 Å². The SMILES string of the molecule is CC(C)C(=O)Cc1cc(C(=O)NCc2ccc(OCC(C)(F)F)nc2)ccn1. The molecule has 0 saturated heterocycles. The van der Waals surface area contributed by atoms with E-state index in [4.69, 9.17) is 4.74 Å². The van der Waals surface area contributed by atoms with Crippen molar-refractivity contribution in [2.45, 2.75) is 39.7 Å². The van der Waals surface area contributed by atoms with Crippen molar-refractivity contribution in [2.75, 3.05) is 6.61 Å². The fraction of sp³-hybridized carbons (Fsp3) is 0.400. The first-order chi connectivity index (χ1) is 13.1. The van der Waals surface area contributed by atoms with Crippen molar-refractivity contribution < 1.29 is 23.1 Å². The van der Waals surface area contributed by atoms with Gasteiger partial charge in [0.2, 0.25) is 5.88 Å². The smallest absolute Gasteiger partial charge is 0.278 e. The highest BCUT2D eigenvalue weighted by atomic mass is 19.3. The molecule has 2 aromatic heterocycles. The number of rotatable bonds is 9. The molecule has 0 fully saturated rings. The molecule has 0 bridgehead atoms. The lowest BCUT2D eigenvalue weighted by molar-refractivity contribution is -0.121. The zero-order chi connectivity index (χ0) is 20.7. The van der Waals surface area contributed by atoms with Crippen molar-refractivity contribution in [3.05, 3.63) is 53.5 Å². The highest BCUT2D eigenvalue weighted by Gasteiger charge is 2.22. The molecule has 2 heterocycles. The van der Waals surface area contributed by atoms with Crippen LogP contribution in [0.4, 0.5) is 8.78 Å². The number of amides is 1. The van der Waals surface area contributed by atoms with E-state index in [1.807, 2.05) is 13.8 Å². The number of carbonyl (C=O) groups is 2. The summed E-state index contributed by atoms with van der Waals surface area (Å²) in [5, 5.41) is 2.74. The summed E-state index contributed by atoms with van der Waals surface area (Å²) in [6.07, 6.45) is 3.12. The first-order valence-electron chi connectivity index (χ1n) is 8.85. The second-order valence-corrected chi connectivity index (χ2v) is 6.88. The highest BCUT2D eigenvalue weighted by Crippen LogP contribution is 2.15. The number of halogens is 2. The molecule has 8 heteroatoms. The molecule has 0 aliphatic rings. The first-order valence-corrected chi connectivity index (χ1v) is 8.85. The number of nitrogens with one attached hydrogen (secondary N) is 1. The summed E-state index contributed by atoms with van der Waals surface area (Å²) >= 11 is 0. The molecular formula is C20H23F2N3O3. The van der Waals surface area contributed by atoms with Crippen molar-refractivity contribution in [3.8, 4) is 5.88 Å². The minimum Gasteiger partial charge on any atom is -0.471 e. The van der Waals surface area contributed by atoms with Gasteiger partial charge in [-0.3, -0.25) is 14.6 Å². The molecule has 0 unspecified atom stereocenters. The summed E-state index contributed by atoms with van der Waals surface area (Å²) in [6.45, 7) is 3.85. The van der Waals surface area contributed by atoms with Crippen LogP contribution < -0.4 is 10.1 Å². The maximum atomic E-state index is 12.8. The Balaban J connectivity index is 1.90. The second-order valence-electron chi connectivity index (χ2n) is 6.88. The molecule has 0 spiro atoms. The van der Waals surface area contributed by atoms with Gasteiger partial charge < -0.3 is 10.1 Å².